The number of amides is 1. The van der Waals surface area contributed by atoms with Crippen LogP contribution in [-0.2, 0) is 11.3 Å². The lowest BCUT2D eigenvalue weighted by Gasteiger charge is -2.43. The number of pyridine rings is 1. The maximum atomic E-state index is 12.3. The Labute approximate surface area is 196 Å². The molecule has 2 fully saturated rings. The fourth-order valence-electron chi connectivity index (χ4n) is 5.72. The molecule has 0 aromatic carbocycles. The average Bonchev–Trinajstić information content (AvgIpc) is 2.81. The van der Waals surface area contributed by atoms with Gasteiger partial charge in [-0.3, -0.25) is 9.59 Å². The second-order valence-electron chi connectivity index (χ2n) is 9.56. The number of hydrogen-bond acceptors (Lipinski definition) is 4. The van der Waals surface area contributed by atoms with E-state index in [-0.39, 0.29) is 18.0 Å². The summed E-state index contributed by atoms with van der Waals surface area (Å²) in [5.74, 6) is 0.718. The van der Waals surface area contributed by atoms with Crippen LogP contribution in [0.3, 0.4) is 0 Å². The lowest BCUT2D eigenvalue weighted by Crippen LogP contribution is -2.52. The first-order valence-electron chi connectivity index (χ1n) is 12.3. The molecule has 3 aliphatic rings. The van der Waals surface area contributed by atoms with Crippen molar-refractivity contribution in [1.82, 2.24) is 25.0 Å². The van der Waals surface area contributed by atoms with Gasteiger partial charge in [-0.05, 0) is 62.9 Å². The highest BCUT2D eigenvalue weighted by Crippen LogP contribution is 2.34. The van der Waals surface area contributed by atoms with Crippen molar-refractivity contribution in [2.24, 2.45) is 5.92 Å². The van der Waals surface area contributed by atoms with Crippen LogP contribution in [0.15, 0.2) is 23.0 Å². The molecule has 0 spiro atoms. The Kier molecular flexibility index (Phi) is 7.84. The molecule has 0 radical (unpaired) electrons. The molecule has 4 heterocycles. The van der Waals surface area contributed by atoms with Gasteiger partial charge in [0.25, 0.3) is 5.56 Å². The van der Waals surface area contributed by atoms with Crippen LogP contribution >= 0.6 is 12.2 Å². The normalized spacial score (nSPS) is 25.2. The first kappa shape index (κ1) is 23.2. The predicted octanol–water partition coefficient (Wildman–Crippen LogP) is 1.91. The molecular weight excluding hydrogens is 422 g/mol. The summed E-state index contributed by atoms with van der Waals surface area (Å²) in [7, 11) is 0. The average molecular weight is 460 g/mol. The smallest absolute Gasteiger partial charge is 0.250 e. The van der Waals surface area contributed by atoms with Crippen LogP contribution in [0.4, 0.5) is 0 Å². The standard InChI is InChI=1S/C24H37N5O2S/c1-2-20-7-3-4-11-27(20)12-6-10-25-22(30)14-26-24(32)28-15-18-13-19(17-28)21-8-5-9-23(31)29(21)16-18/h5,8-9,18-20H,2-4,6-7,10-17H2,1H3,(H,25,30)(H,26,32)/t18-,19+,20+/m1/s1. The van der Waals surface area contributed by atoms with Gasteiger partial charge in [0.1, 0.15) is 0 Å². The number of carbonyl (C=O) groups excluding carboxylic acids is 1. The predicted molar refractivity (Wildman–Crippen MR) is 131 cm³/mol. The van der Waals surface area contributed by atoms with Gasteiger partial charge in [-0.1, -0.05) is 19.4 Å². The summed E-state index contributed by atoms with van der Waals surface area (Å²) in [6.45, 7) is 7.82. The molecule has 2 bridgehead atoms. The van der Waals surface area contributed by atoms with Crippen LogP contribution in [0, 0.1) is 5.92 Å². The van der Waals surface area contributed by atoms with Crippen molar-refractivity contribution in [2.45, 2.75) is 64.0 Å². The Hall–Kier alpha value is -1.93. The molecule has 0 saturated carbocycles. The molecule has 0 aliphatic carbocycles. The van der Waals surface area contributed by atoms with E-state index in [1.165, 1.54) is 32.2 Å². The van der Waals surface area contributed by atoms with Crippen molar-refractivity contribution in [3.63, 3.8) is 0 Å². The Morgan fingerprint density at radius 3 is 2.91 bits per heavy atom. The van der Waals surface area contributed by atoms with E-state index in [2.05, 4.69) is 33.4 Å². The summed E-state index contributed by atoms with van der Waals surface area (Å²) in [6.07, 6.45) is 7.25. The number of hydrogen-bond donors (Lipinski definition) is 2. The number of nitrogens with one attached hydrogen (secondary N) is 2. The molecule has 0 unspecified atom stereocenters. The van der Waals surface area contributed by atoms with Gasteiger partial charge in [0.2, 0.25) is 5.91 Å². The lowest BCUT2D eigenvalue weighted by atomic mass is 9.83. The SMILES string of the molecule is CC[C@H]1CCCCN1CCCNC(=O)CNC(=S)N1C[C@H]2C[C@@H](C1)c1cccc(=O)n1C2. The maximum Gasteiger partial charge on any atom is 0.250 e. The zero-order chi connectivity index (χ0) is 22.5. The van der Waals surface area contributed by atoms with Crippen molar-refractivity contribution >= 4 is 23.2 Å². The number of carbonyl (C=O) groups is 1. The second kappa shape index (κ2) is 10.8. The molecule has 176 valence electrons. The van der Waals surface area contributed by atoms with Crippen LogP contribution in [0.1, 0.15) is 57.1 Å². The third-order valence-corrected chi connectivity index (χ3v) is 7.73. The molecule has 2 saturated heterocycles. The van der Waals surface area contributed by atoms with Crippen molar-refractivity contribution < 1.29 is 4.79 Å². The van der Waals surface area contributed by atoms with E-state index in [0.29, 0.717) is 29.5 Å². The Balaban J connectivity index is 1.17. The fourth-order valence-corrected chi connectivity index (χ4v) is 5.94. The zero-order valence-corrected chi connectivity index (χ0v) is 20.0. The van der Waals surface area contributed by atoms with Gasteiger partial charge < -0.3 is 25.0 Å². The largest absolute Gasteiger partial charge is 0.355 e. The van der Waals surface area contributed by atoms with E-state index in [1.54, 1.807) is 6.07 Å². The van der Waals surface area contributed by atoms with Crippen molar-refractivity contribution in [1.29, 1.82) is 0 Å². The monoisotopic (exact) mass is 459 g/mol. The van der Waals surface area contributed by atoms with Gasteiger partial charge in [0.15, 0.2) is 5.11 Å². The summed E-state index contributed by atoms with van der Waals surface area (Å²) in [5, 5.41) is 6.82. The molecular formula is C24H37N5O2S. The summed E-state index contributed by atoms with van der Waals surface area (Å²) < 4.78 is 1.92. The molecule has 1 aromatic rings. The van der Waals surface area contributed by atoms with Gasteiger partial charge in [-0.2, -0.15) is 0 Å². The molecule has 8 heteroatoms. The quantitative estimate of drug-likeness (QED) is 0.480. The summed E-state index contributed by atoms with van der Waals surface area (Å²) in [6, 6.07) is 6.26. The third kappa shape index (κ3) is 5.52. The van der Waals surface area contributed by atoms with Crippen molar-refractivity contribution in [3.8, 4) is 0 Å². The van der Waals surface area contributed by atoms with Crippen molar-refractivity contribution in [2.75, 3.05) is 39.3 Å². The Bertz CT molecular complexity index is 872. The van der Waals surface area contributed by atoms with Crippen molar-refractivity contribution in [3.05, 3.63) is 34.2 Å². The molecule has 2 N–H and O–H groups in total. The highest BCUT2D eigenvalue weighted by molar-refractivity contribution is 7.80. The van der Waals surface area contributed by atoms with E-state index in [0.717, 1.165) is 44.7 Å². The van der Waals surface area contributed by atoms with Gasteiger partial charge in [-0.25, -0.2) is 0 Å². The second-order valence-corrected chi connectivity index (χ2v) is 9.95. The number of fused-ring (bicyclic) bond motifs is 4. The highest BCUT2D eigenvalue weighted by atomic mass is 32.1. The number of likely N-dealkylation sites (tertiary alicyclic amines) is 2. The van der Waals surface area contributed by atoms with E-state index in [9.17, 15) is 9.59 Å². The van der Waals surface area contributed by atoms with E-state index < -0.39 is 0 Å². The molecule has 3 aliphatic heterocycles. The molecule has 1 amide bonds. The van der Waals surface area contributed by atoms with Crippen LogP contribution in [0.5, 0.6) is 0 Å². The van der Waals surface area contributed by atoms with Gasteiger partial charge in [0.05, 0.1) is 6.54 Å². The minimum atomic E-state index is -0.00728. The number of thiocarbonyl (C=S) groups is 1. The van der Waals surface area contributed by atoms with Crippen LogP contribution in [0.2, 0.25) is 0 Å². The van der Waals surface area contributed by atoms with E-state index in [1.807, 2.05) is 10.6 Å². The van der Waals surface area contributed by atoms with E-state index in [4.69, 9.17) is 12.2 Å². The number of piperidine rings is 2. The van der Waals surface area contributed by atoms with Gasteiger partial charge in [-0.15, -0.1) is 0 Å². The maximum absolute atomic E-state index is 12.3. The van der Waals surface area contributed by atoms with Gasteiger partial charge in [0, 0.05) is 56.4 Å². The molecule has 4 rings (SSSR count). The minimum Gasteiger partial charge on any atom is -0.355 e. The molecule has 32 heavy (non-hydrogen) atoms. The van der Waals surface area contributed by atoms with Crippen LogP contribution in [-0.4, -0.2) is 70.7 Å². The first-order valence-corrected chi connectivity index (χ1v) is 12.7. The number of rotatable bonds is 7. The zero-order valence-electron chi connectivity index (χ0n) is 19.2. The summed E-state index contributed by atoms with van der Waals surface area (Å²) in [5.41, 5.74) is 1.20. The molecule has 1 aromatic heterocycles. The lowest BCUT2D eigenvalue weighted by molar-refractivity contribution is -0.120. The number of aromatic nitrogens is 1. The Morgan fingerprint density at radius 2 is 2.06 bits per heavy atom. The minimum absolute atomic E-state index is 0.00728. The van der Waals surface area contributed by atoms with E-state index >= 15 is 0 Å². The topological polar surface area (TPSA) is 69.6 Å². The Morgan fingerprint density at radius 1 is 1.19 bits per heavy atom. The molecule has 3 atom stereocenters. The fraction of sp³-hybridized carbons (Fsp3) is 0.708. The number of nitrogens with zero attached hydrogens (tertiary/aromatic N) is 3. The van der Waals surface area contributed by atoms with Crippen LogP contribution in [0.25, 0.3) is 0 Å². The summed E-state index contributed by atoms with van der Waals surface area (Å²) in [4.78, 5) is 29.2. The summed E-state index contributed by atoms with van der Waals surface area (Å²) >= 11 is 5.60. The molecule has 7 nitrogen and oxygen atoms in total. The third-order valence-electron chi connectivity index (χ3n) is 7.33. The highest BCUT2D eigenvalue weighted by Gasteiger charge is 2.35. The van der Waals surface area contributed by atoms with Gasteiger partial charge >= 0.3 is 0 Å². The van der Waals surface area contributed by atoms with Crippen LogP contribution < -0.4 is 16.2 Å². The first-order chi connectivity index (χ1) is 15.5.